The quantitative estimate of drug-likeness (QED) is 0.562. The Bertz CT molecular complexity index is 321. The molecule has 1 aliphatic rings. The van der Waals surface area contributed by atoms with Gasteiger partial charge in [-0.05, 0) is 46.1 Å². The molecule has 0 radical (unpaired) electrons. The number of carbonyl (C=O) groups is 2. The number of ether oxygens (including phenoxy) is 1. The molecular weight excluding hydrogens is 222 g/mol. The summed E-state index contributed by atoms with van der Waals surface area (Å²) in [6.45, 7) is 7.65. The molecule has 0 amide bonds. The predicted octanol–water partition coefficient (Wildman–Crippen LogP) is 1.17. The van der Waals surface area contributed by atoms with Gasteiger partial charge in [0.25, 0.3) is 0 Å². The molecule has 0 aromatic rings. The molecule has 1 saturated heterocycles. The summed E-state index contributed by atoms with van der Waals surface area (Å²) < 4.78 is 5.21. The second-order valence-electron chi connectivity index (χ2n) is 5.74. The molecule has 0 saturated carbocycles. The lowest BCUT2D eigenvalue weighted by molar-refractivity contribution is -0.173. The minimum atomic E-state index is -1.58. The lowest BCUT2D eigenvalue weighted by atomic mass is 9.82. The van der Waals surface area contributed by atoms with Crippen LogP contribution in [-0.2, 0) is 14.3 Å². The van der Waals surface area contributed by atoms with Crippen LogP contribution in [0.4, 0.5) is 0 Å². The SMILES string of the molecule is CC1CCNC(C(=O)O)(C(=O)OC(C)(C)C)C1. The third kappa shape index (κ3) is 3.19. The summed E-state index contributed by atoms with van der Waals surface area (Å²) >= 11 is 0. The number of aliphatic carboxylic acids is 1. The summed E-state index contributed by atoms with van der Waals surface area (Å²) in [4.78, 5) is 23.4. The molecule has 0 aromatic heterocycles. The highest BCUT2D eigenvalue weighted by atomic mass is 16.6. The van der Waals surface area contributed by atoms with Gasteiger partial charge in [0, 0.05) is 0 Å². The van der Waals surface area contributed by atoms with E-state index in [9.17, 15) is 14.7 Å². The Morgan fingerprint density at radius 3 is 2.41 bits per heavy atom. The van der Waals surface area contributed by atoms with Crippen LogP contribution in [0.25, 0.3) is 0 Å². The fourth-order valence-corrected chi connectivity index (χ4v) is 2.00. The van der Waals surface area contributed by atoms with E-state index in [0.717, 1.165) is 6.42 Å². The highest BCUT2D eigenvalue weighted by Crippen LogP contribution is 2.27. The van der Waals surface area contributed by atoms with Crippen molar-refractivity contribution >= 4 is 11.9 Å². The zero-order chi connectivity index (χ0) is 13.3. The van der Waals surface area contributed by atoms with E-state index in [1.54, 1.807) is 20.8 Å². The van der Waals surface area contributed by atoms with Gasteiger partial charge in [-0.1, -0.05) is 6.92 Å². The van der Waals surface area contributed by atoms with E-state index in [1.165, 1.54) is 0 Å². The molecule has 2 atom stereocenters. The molecular formula is C12H21NO4. The lowest BCUT2D eigenvalue weighted by Gasteiger charge is -2.37. The topological polar surface area (TPSA) is 75.6 Å². The van der Waals surface area contributed by atoms with Crippen LogP contribution in [0.15, 0.2) is 0 Å². The maximum Gasteiger partial charge on any atom is 0.338 e. The van der Waals surface area contributed by atoms with Crippen molar-refractivity contribution in [2.45, 2.75) is 51.7 Å². The average Bonchev–Trinajstić information content (AvgIpc) is 2.14. The Kier molecular flexibility index (Phi) is 3.81. The van der Waals surface area contributed by atoms with Gasteiger partial charge in [0.15, 0.2) is 0 Å². The van der Waals surface area contributed by atoms with Gasteiger partial charge < -0.3 is 9.84 Å². The summed E-state index contributed by atoms with van der Waals surface area (Å²) in [6, 6.07) is 0. The number of nitrogens with one attached hydrogen (secondary N) is 1. The molecule has 2 unspecified atom stereocenters. The average molecular weight is 243 g/mol. The van der Waals surface area contributed by atoms with Gasteiger partial charge in [0.05, 0.1) is 0 Å². The fraction of sp³-hybridized carbons (Fsp3) is 0.833. The number of esters is 1. The van der Waals surface area contributed by atoms with E-state index in [-0.39, 0.29) is 12.3 Å². The highest BCUT2D eigenvalue weighted by Gasteiger charge is 2.51. The number of carbonyl (C=O) groups excluding carboxylic acids is 1. The molecule has 5 heteroatoms. The van der Waals surface area contributed by atoms with Crippen molar-refractivity contribution in [1.82, 2.24) is 5.32 Å². The van der Waals surface area contributed by atoms with E-state index in [2.05, 4.69) is 5.32 Å². The second kappa shape index (κ2) is 4.64. The van der Waals surface area contributed by atoms with Gasteiger partial charge in [-0.25, -0.2) is 9.59 Å². The van der Waals surface area contributed by atoms with Crippen molar-refractivity contribution in [2.75, 3.05) is 6.54 Å². The number of hydrogen-bond acceptors (Lipinski definition) is 4. The normalized spacial score (nSPS) is 29.8. The number of piperidine rings is 1. The Morgan fingerprint density at radius 2 is 2.00 bits per heavy atom. The molecule has 0 spiro atoms. The van der Waals surface area contributed by atoms with Gasteiger partial charge >= 0.3 is 11.9 Å². The van der Waals surface area contributed by atoms with Crippen molar-refractivity contribution in [3.8, 4) is 0 Å². The minimum Gasteiger partial charge on any atom is -0.479 e. The first-order valence-electron chi connectivity index (χ1n) is 5.89. The van der Waals surface area contributed by atoms with Gasteiger partial charge in [-0.3, -0.25) is 5.32 Å². The predicted molar refractivity (Wildman–Crippen MR) is 62.6 cm³/mol. The van der Waals surface area contributed by atoms with E-state index in [4.69, 9.17) is 4.74 Å². The van der Waals surface area contributed by atoms with Crippen molar-refractivity contribution < 1.29 is 19.4 Å². The number of hydrogen-bond donors (Lipinski definition) is 2. The largest absolute Gasteiger partial charge is 0.479 e. The van der Waals surface area contributed by atoms with E-state index >= 15 is 0 Å². The van der Waals surface area contributed by atoms with Gasteiger partial charge in [-0.15, -0.1) is 0 Å². The van der Waals surface area contributed by atoms with E-state index in [1.807, 2.05) is 6.92 Å². The Hall–Kier alpha value is -1.10. The Labute approximate surface area is 102 Å². The van der Waals surface area contributed by atoms with Gasteiger partial charge in [-0.2, -0.15) is 0 Å². The van der Waals surface area contributed by atoms with Gasteiger partial charge in [0.2, 0.25) is 5.54 Å². The van der Waals surface area contributed by atoms with Crippen LogP contribution in [0.3, 0.4) is 0 Å². The van der Waals surface area contributed by atoms with Crippen LogP contribution in [0.2, 0.25) is 0 Å². The standard InChI is InChI=1S/C12H21NO4/c1-8-5-6-13-12(7-8,9(14)15)10(16)17-11(2,3)4/h8,13H,5-7H2,1-4H3,(H,14,15). The molecule has 0 bridgehead atoms. The second-order valence-corrected chi connectivity index (χ2v) is 5.74. The molecule has 1 rings (SSSR count). The first-order valence-corrected chi connectivity index (χ1v) is 5.89. The van der Waals surface area contributed by atoms with Crippen LogP contribution >= 0.6 is 0 Å². The third-order valence-electron chi connectivity index (χ3n) is 2.83. The molecule has 1 fully saturated rings. The lowest BCUT2D eigenvalue weighted by Crippen LogP contribution is -2.63. The number of carboxylic acid groups (broad SMARTS) is 1. The van der Waals surface area contributed by atoms with E-state index < -0.39 is 23.1 Å². The molecule has 1 heterocycles. The maximum absolute atomic E-state index is 12.1. The van der Waals surface area contributed by atoms with Crippen molar-refractivity contribution in [3.63, 3.8) is 0 Å². The molecule has 2 N–H and O–H groups in total. The monoisotopic (exact) mass is 243 g/mol. The Morgan fingerprint density at radius 1 is 1.41 bits per heavy atom. The molecule has 5 nitrogen and oxygen atoms in total. The highest BCUT2D eigenvalue weighted by molar-refractivity contribution is 6.04. The zero-order valence-corrected chi connectivity index (χ0v) is 10.9. The van der Waals surface area contributed by atoms with Crippen LogP contribution in [0, 0.1) is 5.92 Å². The van der Waals surface area contributed by atoms with Crippen LogP contribution in [-0.4, -0.2) is 34.7 Å². The van der Waals surface area contributed by atoms with Crippen LogP contribution in [0.5, 0.6) is 0 Å². The molecule has 98 valence electrons. The summed E-state index contributed by atoms with van der Waals surface area (Å²) in [5.74, 6) is -1.65. The summed E-state index contributed by atoms with van der Waals surface area (Å²) in [5, 5.41) is 12.1. The fourth-order valence-electron chi connectivity index (χ4n) is 2.00. The third-order valence-corrected chi connectivity index (χ3v) is 2.83. The van der Waals surface area contributed by atoms with E-state index in [0.29, 0.717) is 6.54 Å². The molecule has 1 aliphatic heterocycles. The van der Waals surface area contributed by atoms with Crippen LogP contribution in [0.1, 0.15) is 40.5 Å². The number of carboxylic acids is 1. The molecule has 17 heavy (non-hydrogen) atoms. The van der Waals surface area contributed by atoms with Crippen molar-refractivity contribution in [3.05, 3.63) is 0 Å². The molecule has 0 aromatic carbocycles. The summed E-state index contributed by atoms with van der Waals surface area (Å²) in [6.07, 6.45) is 1.15. The maximum atomic E-state index is 12.1. The van der Waals surface area contributed by atoms with Gasteiger partial charge in [0.1, 0.15) is 5.60 Å². The first-order chi connectivity index (χ1) is 7.67. The molecule has 0 aliphatic carbocycles. The minimum absolute atomic E-state index is 0.194. The van der Waals surface area contributed by atoms with Crippen LogP contribution < -0.4 is 5.32 Å². The summed E-state index contributed by atoms with van der Waals surface area (Å²) in [5.41, 5.74) is -2.26. The first kappa shape index (κ1) is 14.0. The van der Waals surface area contributed by atoms with Crippen molar-refractivity contribution in [2.24, 2.45) is 5.92 Å². The summed E-state index contributed by atoms with van der Waals surface area (Å²) in [7, 11) is 0. The number of rotatable bonds is 2. The Balaban J connectivity index is 2.92. The smallest absolute Gasteiger partial charge is 0.338 e. The zero-order valence-electron chi connectivity index (χ0n) is 10.9. The van der Waals surface area contributed by atoms with Crippen molar-refractivity contribution in [1.29, 1.82) is 0 Å².